The van der Waals surface area contributed by atoms with E-state index in [2.05, 4.69) is 102 Å². The third kappa shape index (κ3) is 3.53. The highest BCUT2D eigenvalue weighted by molar-refractivity contribution is 6.22. The van der Waals surface area contributed by atoms with Crippen LogP contribution in [0.1, 0.15) is 0 Å². The molecule has 0 radical (unpaired) electrons. The van der Waals surface area contributed by atoms with Gasteiger partial charge in [-0.05, 0) is 60.2 Å². The molecule has 5 heteroatoms. The van der Waals surface area contributed by atoms with E-state index in [4.69, 9.17) is 18.2 Å². The quantitative estimate of drug-likeness (QED) is 0.198. The molecule has 0 aliphatic heterocycles. The van der Waals surface area contributed by atoms with E-state index >= 15 is 0 Å². The molecule has 0 saturated heterocycles. The number of hydrogen-bond donors (Lipinski definition) is 0. The second-order valence-corrected chi connectivity index (χ2v) is 12.3. The molecular formula is C43H24N2O3. The van der Waals surface area contributed by atoms with Gasteiger partial charge in [0, 0.05) is 43.9 Å². The van der Waals surface area contributed by atoms with Crippen LogP contribution in [0.5, 0.6) is 0 Å². The number of benzene rings is 7. The topological polar surface area (TPSA) is 57.2 Å². The lowest BCUT2D eigenvalue weighted by Gasteiger charge is -2.09. The molecule has 0 unspecified atom stereocenters. The van der Waals surface area contributed by atoms with Crippen molar-refractivity contribution in [2.75, 3.05) is 0 Å². The van der Waals surface area contributed by atoms with E-state index in [9.17, 15) is 0 Å². The number of aromatic nitrogens is 2. The number of imidazole rings is 1. The molecule has 0 atom stereocenters. The van der Waals surface area contributed by atoms with Gasteiger partial charge in [-0.25, -0.2) is 4.98 Å². The molecule has 0 N–H and O–H groups in total. The molecular weight excluding hydrogens is 592 g/mol. The van der Waals surface area contributed by atoms with Crippen LogP contribution in [0.15, 0.2) is 159 Å². The highest BCUT2D eigenvalue weighted by atomic mass is 16.3. The Hall–Kier alpha value is -6.59. The summed E-state index contributed by atoms with van der Waals surface area (Å²) in [4.78, 5) is 5.02. The molecule has 11 rings (SSSR count). The minimum absolute atomic E-state index is 0.802. The molecule has 48 heavy (non-hydrogen) atoms. The number of hydrogen-bond acceptors (Lipinski definition) is 4. The van der Waals surface area contributed by atoms with E-state index in [1.807, 2.05) is 48.5 Å². The Morgan fingerprint density at radius 1 is 0.417 bits per heavy atom. The van der Waals surface area contributed by atoms with E-state index in [1.54, 1.807) is 0 Å². The van der Waals surface area contributed by atoms with Crippen LogP contribution in [0.4, 0.5) is 0 Å². The molecule has 0 spiro atoms. The van der Waals surface area contributed by atoms with Crippen LogP contribution in [0.25, 0.3) is 105 Å². The average molecular weight is 617 g/mol. The molecule has 0 saturated carbocycles. The fraction of sp³-hybridized carbons (Fsp3) is 0. The maximum atomic E-state index is 6.66. The Kier molecular flexibility index (Phi) is 5.05. The summed E-state index contributed by atoms with van der Waals surface area (Å²) in [6.45, 7) is 0. The molecule has 0 amide bonds. The SMILES string of the molecule is c1ccc(-c2nc3ccccc3n2-c2ccc3c(c2)oc2cc(-c4c5oc6ccccc6c5cc5c4oc4ccccc45)ccc23)cc1. The van der Waals surface area contributed by atoms with E-state index in [0.717, 1.165) is 105 Å². The molecule has 0 aliphatic carbocycles. The Morgan fingerprint density at radius 3 is 1.77 bits per heavy atom. The monoisotopic (exact) mass is 616 g/mol. The first-order chi connectivity index (χ1) is 23.8. The minimum Gasteiger partial charge on any atom is -0.456 e. The largest absolute Gasteiger partial charge is 0.456 e. The maximum absolute atomic E-state index is 6.66. The second-order valence-electron chi connectivity index (χ2n) is 12.3. The third-order valence-corrected chi connectivity index (χ3v) is 9.61. The molecule has 7 aromatic carbocycles. The molecule has 0 bridgehead atoms. The predicted molar refractivity (Wildman–Crippen MR) is 194 cm³/mol. The highest BCUT2D eigenvalue weighted by Gasteiger charge is 2.22. The van der Waals surface area contributed by atoms with Gasteiger partial charge in [-0.2, -0.15) is 0 Å². The van der Waals surface area contributed by atoms with Crippen molar-refractivity contribution in [2.24, 2.45) is 0 Å². The predicted octanol–water partition coefficient (Wildman–Crippen LogP) is 12.1. The summed E-state index contributed by atoms with van der Waals surface area (Å²) in [7, 11) is 0. The van der Waals surface area contributed by atoms with Gasteiger partial charge < -0.3 is 13.3 Å². The van der Waals surface area contributed by atoms with Gasteiger partial charge in [0.25, 0.3) is 0 Å². The van der Waals surface area contributed by atoms with Gasteiger partial charge in [0.05, 0.1) is 22.3 Å². The standard InChI is InChI=1S/C43H24N2O3/c1-2-10-25(11-3-1)43-44-34-14-6-7-15-35(34)45(43)27-19-21-31-30-20-18-26(22-38(30)46-39(31)23-27)40-41-32(28-12-4-8-16-36(28)47-41)24-33-29-13-5-9-17-37(29)48-42(33)40/h1-24H. The third-order valence-electron chi connectivity index (χ3n) is 9.61. The highest BCUT2D eigenvalue weighted by Crippen LogP contribution is 2.45. The van der Waals surface area contributed by atoms with Crippen molar-refractivity contribution in [1.29, 1.82) is 0 Å². The number of fused-ring (bicyclic) bond motifs is 10. The Morgan fingerprint density at radius 2 is 1.02 bits per heavy atom. The first kappa shape index (κ1) is 25.6. The Bertz CT molecular complexity index is 2980. The fourth-order valence-electron chi connectivity index (χ4n) is 7.43. The lowest BCUT2D eigenvalue weighted by atomic mass is 9.97. The Labute approximate surface area is 272 Å². The van der Waals surface area contributed by atoms with Gasteiger partial charge >= 0.3 is 0 Å². The average Bonchev–Trinajstić information content (AvgIpc) is 3.90. The van der Waals surface area contributed by atoms with Gasteiger partial charge in [-0.3, -0.25) is 4.57 Å². The molecule has 0 fully saturated rings. The summed E-state index contributed by atoms with van der Waals surface area (Å²) in [6.07, 6.45) is 0. The van der Waals surface area contributed by atoms with Gasteiger partial charge in [-0.15, -0.1) is 0 Å². The zero-order chi connectivity index (χ0) is 31.3. The van der Waals surface area contributed by atoms with Crippen LogP contribution >= 0.6 is 0 Å². The molecule has 11 aromatic rings. The van der Waals surface area contributed by atoms with Crippen molar-refractivity contribution in [1.82, 2.24) is 9.55 Å². The maximum Gasteiger partial charge on any atom is 0.147 e. The zero-order valence-electron chi connectivity index (χ0n) is 25.5. The molecule has 5 nitrogen and oxygen atoms in total. The van der Waals surface area contributed by atoms with Crippen LogP contribution in [0.2, 0.25) is 0 Å². The summed E-state index contributed by atoms with van der Waals surface area (Å²) in [5.41, 5.74) is 10.9. The summed E-state index contributed by atoms with van der Waals surface area (Å²) in [5.74, 6) is 0.892. The van der Waals surface area contributed by atoms with Crippen molar-refractivity contribution in [3.8, 4) is 28.2 Å². The normalized spacial score (nSPS) is 12.2. The summed E-state index contributed by atoms with van der Waals surface area (Å²) < 4.78 is 22.0. The van der Waals surface area contributed by atoms with E-state index in [-0.39, 0.29) is 0 Å². The van der Waals surface area contributed by atoms with Crippen LogP contribution in [0, 0.1) is 0 Å². The smallest absolute Gasteiger partial charge is 0.147 e. The van der Waals surface area contributed by atoms with Crippen molar-refractivity contribution in [2.45, 2.75) is 0 Å². The van der Waals surface area contributed by atoms with E-state index in [1.165, 1.54) is 0 Å². The van der Waals surface area contributed by atoms with Crippen LogP contribution < -0.4 is 0 Å². The zero-order valence-corrected chi connectivity index (χ0v) is 25.5. The lowest BCUT2D eigenvalue weighted by molar-refractivity contribution is 0.658. The van der Waals surface area contributed by atoms with Crippen molar-refractivity contribution < 1.29 is 13.3 Å². The number of rotatable bonds is 3. The van der Waals surface area contributed by atoms with Gasteiger partial charge in [0.1, 0.15) is 39.3 Å². The molecule has 4 aromatic heterocycles. The minimum atomic E-state index is 0.802. The Balaban J connectivity index is 1.14. The van der Waals surface area contributed by atoms with Crippen LogP contribution in [-0.2, 0) is 0 Å². The van der Waals surface area contributed by atoms with Gasteiger partial charge in [0.15, 0.2) is 0 Å². The second kappa shape index (κ2) is 9.47. The lowest BCUT2D eigenvalue weighted by Crippen LogP contribution is -1.97. The van der Waals surface area contributed by atoms with Crippen LogP contribution in [0.3, 0.4) is 0 Å². The summed E-state index contributed by atoms with van der Waals surface area (Å²) >= 11 is 0. The number of nitrogens with zero attached hydrogens (tertiary/aromatic N) is 2. The molecule has 4 heterocycles. The molecule has 224 valence electrons. The van der Waals surface area contributed by atoms with E-state index in [0.29, 0.717) is 0 Å². The first-order valence-electron chi connectivity index (χ1n) is 16.0. The molecule has 0 aliphatic rings. The van der Waals surface area contributed by atoms with Crippen LogP contribution in [-0.4, -0.2) is 9.55 Å². The summed E-state index contributed by atoms with van der Waals surface area (Å²) in [6, 6.07) is 50.0. The van der Waals surface area contributed by atoms with E-state index < -0.39 is 0 Å². The van der Waals surface area contributed by atoms with Crippen molar-refractivity contribution >= 4 is 76.8 Å². The van der Waals surface area contributed by atoms with Gasteiger partial charge in [0.2, 0.25) is 0 Å². The number of para-hydroxylation sites is 4. The summed E-state index contributed by atoms with van der Waals surface area (Å²) in [5, 5.41) is 6.41. The van der Waals surface area contributed by atoms with Crippen molar-refractivity contribution in [3.05, 3.63) is 146 Å². The number of furan rings is 3. The fourth-order valence-corrected chi connectivity index (χ4v) is 7.43. The van der Waals surface area contributed by atoms with Crippen molar-refractivity contribution in [3.63, 3.8) is 0 Å². The first-order valence-corrected chi connectivity index (χ1v) is 16.0. The van der Waals surface area contributed by atoms with Gasteiger partial charge in [-0.1, -0.05) is 84.9 Å².